The zero-order valence-corrected chi connectivity index (χ0v) is 14.8. The van der Waals surface area contributed by atoms with E-state index in [2.05, 4.69) is 81.3 Å². The highest BCUT2D eigenvalue weighted by atomic mass is 35.5. The summed E-state index contributed by atoms with van der Waals surface area (Å²) in [4.78, 5) is 8.58. The first kappa shape index (κ1) is 15.4. The summed E-state index contributed by atoms with van der Waals surface area (Å²) in [6.45, 7) is 0.696. The van der Waals surface area contributed by atoms with E-state index in [0.717, 1.165) is 23.4 Å². The second kappa shape index (κ2) is 6.11. The fourth-order valence-corrected chi connectivity index (χ4v) is 3.86. The van der Waals surface area contributed by atoms with Crippen molar-refractivity contribution in [3.05, 3.63) is 78.4 Å². The van der Waals surface area contributed by atoms with Crippen LogP contribution in [0.2, 0.25) is 0 Å². The van der Waals surface area contributed by atoms with Gasteiger partial charge in [-0.15, -0.1) is 0 Å². The Kier molecular flexibility index (Phi) is 3.61. The van der Waals surface area contributed by atoms with Gasteiger partial charge in [0, 0.05) is 29.4 Å². The molecule has 0 saturated heterocycles. The van der Waals surface area contributed by atoms with E-state index in [4.69, 9.17) is 11.6 Å². The van der Waals surface area contributed by atoms with Crippen molar-refractivity contribution in [1.82, 2.24) is 4.57 Å². The minimum Gasteiger partial charge on any atom is -0.309 e. The average Bonchev–Trinajstić information content (AvgIpc) is 3.02. The highest BCUT2D eigenvalue weighted by molar-refractivity contribution is 6.66. The second-order valence-electron chi connectivity index (χ2n) is 6.38. The summed E-state index contributed by atoms with van der Waals surface area (Å²) in [5.41, 5.74) is 5.68. The molecule has 1 aliphatic heterocycles. The van der Waals surface area contributed by atoms with Gasteiger partial charge in [0.2, 0.25) is 5.29 Å². The predicted molar refractivity (Wildman–Crippen MR) is 110 cm³/mol. The molecule has 26 heavy (non-hydrogen) atoms. The van der Waals surface area contributed by atoms with Crippen molar-refractivity contribution < 1.29 is 0 Å². The first-order valence-corrected chi connectivity index (χ1v) is 9.05. The van der Waals surface area contributed by atoms with E-state index in [1.54, 1.807) is 0 Å². The van der Waals surface area contributed by atoms with Crippen LogP contribution in [0.5, 0.6) is 0 Å². The molecular formula is C22H16ClN3. The van der Waals surface area contributed by atoms with Crippen molar-refractivity contribution in [2.24, 2.45) is 9.98 Å². The van der Waals surface area contributed by atoms with Crippen molar-refractivity contribution in [2.75, 3.05) is 6.54 Å². The molecule has 3 aromatic carbocycles. The lowest BCUT2D eigenvalue weighted by Gasteiger charge is -2.10. The first-order chi connectivity index (χ1) is 12.8. The van der Waals surface area contributed by atoms with Crippen LogP contribution in [0, 0.1) is 0 Å². The van der Waals surface area contributed by atoms with E-state index in [1.165, 1.54) is 21.8 Å². The van der Waals surface area contributed by atoms with Gasteiger partial charge in [-0.2, -0.15) is 0 Å². The molecule has 1 aromatic heterocycles. The maximum absolute atomic E-state index is 6.02. The Labute approximate surface area is 156 Å². The minimum absolute atomic E-state index is 0.345. The summed E-state index contributed by atoms with van der Waals surface area (Å²) < 4.78 is 2.31. The maximum atomic E-state index is 6.02. The zero-order valence-electron chi connectivity index (χ0n) is 14.1. The molecule has 0 saturated carbocycles. The summed E-state index contributed by atoms with van der Waals surface area (Å²) in [5.74, 6) is 0. The number of hydrogen-bond acceptors (Lipinski definition) is 2. The molecule has 1 aliphatic rings. The van der Waals surface area contributed by atoms with Crippen LogP contribution in [0.3, 0.4) is 0 Å². The molecule has 0 fully saturated rings. The van der Waals surface area contributed by atoms with E-state index >= 15 is 0 Å². The fraction of sp³-hybridized carbons (Fsp3) is 0.0909. The number of aromatic nitrogens is 1. The van der Waals surface area contributed by atoms with Crippen LogP contribution in [0.25, 0.3) is 27.5 Å². The molecule has 0 aliphatic carbocycles. The molecule has 5 rings (SSSR count). The summed E-state index contributed by atoms with van der Waals surface area (Å²) >= 11 is 6.02. The molecule has 0 atom stereocenters. The molecule has 0 radical (unpaired) electrons. The normalized spacial score (nSPS) is 14.5. The molecule has 0 unspecified atom stereocenters. The number of rotatable bonds is 2. The molecule has 4 heteroatoms. The largest absolute Gasteiger partial charge is 0.309 e. The van der Waals surface area contributed by atoms with Crippen LogP contribution in [-0.2, 0) is 0 Å². The summed E-state index contributed by atoms with van der Waals surface area (Å²) in [6.07, 6.45) is 0.819. The van der Waals surface area contributed by atoms with Gasteiger partial charge in [-0.1, -0.05) is 42.5 Å². The van der Waals surface area contributed by atoms with Gasteiger partial charge in [0.15, 0.2) is 0 Å². The third-order valence-corrected chi connectivity index (χ3v) is 5.04. The zero-order chi connectivity index (χ0) is 17.5. The molecular weight excluding hydrogens is 342 g/mol. The minimum atomic E-state index is 0.345. The van der Waals surface area contributed by atoms with Crippen molar-refractivity contribution in [3.8, 4) is 5.69 Å². The van der Waals surface area contributed by atoms with Gasteiger partial charge in [0.1, 0.15) is 0 Å². The van der Waals surface area contributed by atoms with E-state index in [0.29, 0.717) is 11.8 Å². The lowest BCUT2D eigenvalue weighted by atomic mass is 10.0. The standard InChI is InChI=1S/C22H16ClN3/c23-22-24-13-12-19(25-22)15-10-11-21-18(14-15)17-8-4-5-9-20(17)26(21)16-6-2-1-3-7-16/h1-11,14H,12-13H2. The van der Waals surface area contributed by atoms with Gasteiger partial charge in [0.25, 0.3) is 0 Å². The first-order valence-electron chi connectivity index (χ1n) is 8.68. The molecule has 3 nitrogen and oxygen atoms in total. The topological polar surface area (TPSA) is 29.6 Å². The highest BCUT2D eigenvalue weighted by Gasteiger charge is 2.15. The van der Waals surface area contributed by atoms with Crippen molar-refractivity contribution in [3.63, 3.8) is 0 Å². The smallest absolute Gasteiger partial charge is 0.217 e. The van der Waals surface area contributed by atoms with Gasteiger partial charge in [0.05, 0.1) is 16.7 Å². The Morgan fingerprint density at radius 1 is 0.808 bits per heavy atom. The molecule has 0 amide bonds. The SMILES string of the molecule is ClC1=NCCC(c2ccc3c(c2)c2ccccc2n3-c2ccccc2)=N1. The van der Waals surface area contributed by atoms with E-state index < -0.39 is 0 Å². The van der Waals surface area contributed by atoms with Crippen LogP contribution in [0.4, 0.5) is 0 Å². The molecule has 126 valence electrons. The molecule has 2 heterocycles. The third-order valence-electron chi connectivity index (χ3n) is 4.84. The molecule has 0 N–H and O–H groups in total. The van der Waals surface area contributed by atoms with E-state index in [1.807, 2.05) is 6.07 Å². The van der Waals surface area contributed by atoms with Crippen LogP contribution in [-0.4, -0.2) is 22.1 Å². The Hall–Kier alpha value is -2.91. The Morgan fingerprint density at radius 2 is 1.58 bits per heavy atom. The number of para-hydroxylation sites is 2. The number of nitrogens with zero attached hydrogens (tertiary/aromatic N) is 3. The van der Waals surface area contributed by atoms with Crippen LogP contribution in [0.15, 0.2) is 82.8 Å². The fourth-order valence-electron chi connectivity index (χ4n) is 3.67. The average molecular weight is 358 g/mol. The van der Waals surface area contributed by atoms with Gasteiger partial charge in [-0.05, 0) is 47.5 Å². The van der Waals surface area contributed by atoms with Crippen LogP contribution in [0.1, 0.15) is 12.0 Å². The highest BCUT2D eigenvalue weighted by Crippen LogP contribution is 2.32. The Balaban J connectivity index is 1.80. The molecule has 0 spiro atoms. The number of halogens is 1. The van der Waals surface area contributed by atoms with Gasteiger partial charge >= 0.3 is 0 Å². The van der Waals surface area contributed by atoms with Crippen LogP contribution < -0.4 is 0 Å². The van der Waals surface area contributed by atoms with Crippen LogP contribution >= 0.6 is 11.6 Å². The third kappa shape index (κ3) is 2.44. The summed E-state index contributed by atoms with van der Waals surface area (Å²) in [7, 11) is 0. The van der Waals surface area contributed by atoms with Crippen molar-refractivity contribution in [1.29, 1.82) is 0 Å². The summed E-state index contributed by atoms with van der Waals surface area (Å²) in [5, 5.41) is 2.81. The van der Waals surface area contributed by atoms with Crippen molar-refractivity contribution in [2.45, 2.75) is 6.42 Å². The molecule has 4 aromatic rings. The quantitative estimate of drug-likeness (QED) is 0.420. The lowest BCUT2D eigenvalue weighted by molar-refractivity contribution is 1.02. The number of benzene rings is 3. The van der Waals surface area contributed by atoms with Gasteiger partial charge < -0.3 is 4.57 Å². The Morgan fingerprint density at radius 3 is 2.42 bits per heavy atom. The van der Waals surface area contributed by atoms with E-state index in [9.17, 15) is 0 Å². The monoisotopic (exact) mass is 357 g/mol. The predicted octanol–water partition coefficient (Wildman–Crippen LogP) is 5.57. The van der Waals surface area contributed by atoms with Crippen molar-refractivity contribution >= 4 is 44.4 Å². The maximum Gasteiger partial charge on any atom is 0.217 e. The van der Waals surface area contributed by atoms with E-state index in [-0.39, 0.29) is 0 Å². The molecule has 0 bridgehead atoms. The second-order valence-corrected chi connectivity index (χ2v) is 6.72. The number of hydrogen-bond donors (Lipinski definition) is 0. The number of aliphatic imine (C=N–C) groups is 2. The van der Waals surface area contributed by atoms with Gasteiger partial charge in [-0.25, -0.2) is 4.99 Å². The number of fused-ring (bicyclic) bond motifs is 3. The number of amidine groups is 1. The Bertz CT molecular complexity index is 1190. The van der Waals surface area contributed by atoms with Gasteiger partial charge in [-0.3, -0.25) is 4.99 Å². The lowest BCUT2D eigenvalue weighted by Crippen LogP contribution is -2.10. The summed E-state index contributed by atoms with van der Waals surface area (Å²) in [6, 6.07) is 25.5.